The molecule has 0 spiro atoms. The molecule has 10 rings (SSSR count). The van der Waals surface area contributed by atoms with Crippen molar-refractivity contribution in [1.29, 1.82) is 0 Å². The van der Waals surface area contributed by atoms with Crippen molar-refractivity contribution in [2.75, 3.05) is 0 Å². The van der Waals surface area contributed by atoms with Gasteiger partial charge in [0, 0.05) is 33.2 Å². The van der Waals surface area contributed by atoms with Gasteiger partial charge in [-0.1, -0.05) is 158 Å². The van der Waals surface area contributed by atoms with Gasteiger partial charge in [-0.3, -0.25) is 0 Å². The summed E-state index contributed by atoms with van der Waals surface area (Å²) in [6.07, 6.45) is 0. The van der Waals surface area contributed by atoms with Gasteiger partial charge < -0.3 is 8.98 Å². The Morgan fingerprint density at radius 2 is 0.784 bits per heavy atom. The number of furan rings is 1. The third-order valence-electron chi connectivity index (χ3n) is 10.4. The van der Waals surface area contributed by atoms with Crippen molar-refractivity contribution in [3.8, 4) is 27.9 Å². The molecule has 1 atom stereocenters. The van der Waals surface area contributed by atoms with Gasteiger partial charge in [-0.05, 0) is 75.3 Å². The summed E-state index contributed by atoms with van der Waals surface area (Å²) in [5.74, 6) is 0.0409. The smallest absolute Gasteiger partial charge is 0.135 e. The Morgan fingerprint density at radius 3 is 1.39 bits per heavy atom. The number of fused-ring (bicyclic) bond motifs is 6. The zero-order valence-electron chi connectivity index (χ0n) is 27.9. The quantitative estimate of drug-likeness (QED) is 0.164. The molecule has 8 aromatic carbocycles. The van der Waals surface area contributed by atoms with Gasteiger partial charge in [0.15, 0.2) is 0 Å². The molecule has 0 radical (unpaired) electrons. The summed E-state index contributed by atoms with van der Waals surface area (Å²) >= 11 is 0. The lowest BCUT2D eigenvalue weighted by molar-refractivity contribution is 0.668. The molecular formula is C49H33NO. The molecule has 2 heteroatoms. The first-order valence-corrected chi connectivity index (χ1v) is 17.5. The van der Waals surface area contributed by atoms with Gasteiger partial charge in [0.25, 0.3) is 0 Å². The largest absolute Gasteiger partial charge is 0.456 e. The van der Waals surface area contributed by atoms with Crippen LogP contribution in [0.25, 0.3) is 71.7 Å². The van der Waals surface area contributed by atoms with Crippen LogP contribution in [0.2, 0.25) is 0 Å². The molecule has 0 aliphatic heterocycles. The van der Waals surface area contributed by atoms with Gasteiger partial charge in [0.1, 0.15) is 11.2 Å². The molecule has 1 unspecified atom stereocenters. The zero-order chi connectivity index (χ0) is 33.7. The van der Waals surface area contributed by atoms with Crippen LogP contribution in [-0.2, 0) is 0 Å². The van der Waals surface area contributed by atoms with E-state index in [1.807, 2.05) is 12.1 Å². The zero-order valence-corrected chi connectivity index (χ0v) is 27.9. The van der Waals surface area contributed by atoms with Crippen molar-refractivity contribution in [3.05, 3.63) is 211 Å². The summed E-state index contributed by atoms with van der Waals surface area (Å²) in [7, 11) is 0. The van der Waals surface area contributed by atoms with Crippen LogP contribution < -0.4 is 0 Å². The third kappa shape index (κ3) is 5.04. The highest BCUT2D eigenvalue weighted by molar-refractivity contribution is 6.09. The van der Waals surface area contributed by atoms with Gasteiger partial charge >= 0.3 is 0 Å². The van der Waals surface area contributed by atoms with Gasteiger partial charge in [-0.15, -0.1) is 0 Å². The molecule has 0 N–H and O–H groups in total. The van der Waals surface area contributed by atoms with Crippen molar-refractivity contribution in [2.24, 2.45) is 0 Å². The van der Waals surface area contributed by atoms with Crippen LogP contribution in [0.15, 0.2) is 199 Å². The average Bonchev–Trinajstić information content (AvgIpc) is 3.74. The molecule has 0 bridgehead atoms. The predicted molar refractivity (Wildman–Crippen MR) is 213 cm³/mol. The second kappa shape index (κ2) is 12.0. The standard InChI is InChI=1S/C49H33NO/c1-2-10-33(11-3-1)34-18-22-37(23-19-34)49(39-28-31-44-43-14-6-9-17-47(43)51-48(44)32-39)38-24-20-35(21-25-38)36-26-29-40(30-27-36)50-45-15-7-4-12-41(45)42-13-5-8-16-46(42)50/h1-32,49H. The first kappa shape index (κ1) is 29.3. The van der Waals surface area contributed by atoms with E-state index < -0.39 is 0 Å². The highest BCUT2D eigenvalue weighted by atomic mass is 16.3. The van der Waals surface area contributed by atoms with E-state index in [0.717, 1.165) is 27.6 Å². The predicted octanol–water partition coefficient (Wildman–Crippen LogP) is 13.2. The number of nitrogens with zero attached hydrogens (tertiary/aromatic N) is 1. The Kier molecular flexibility index (Phi) is 6.92. The fourth-order valence-electron chi connectivity index (χ4n) is 7.87. The van der Waals surface area contributed by atoms with Crippen LogP contribution in [0.3, 0.4) is 0 Å². The number of para-hydroxylation sites is 3. The molecule has 240 valence electrons. The van der Waals surface area contributed by atoms with Crippen LogP contribution in [0.4, 0.5) is 0 Å². The number of benzene rings is 8. The minimum absolute atomic E-state index is 0.0409. The van der Waals surface area contributed by atoms with Crippen molar-refractivity contribution >= 4 is 43.7 Å². The lowest BCUT2D eigenvalue weighted by Crippen LogP contribution is -2.03. The van der Waals surface area contributed by atoms with E-state index in [-0.39, 0.29) is 5.92 Å². The van der Waals surface area contributed by atoms with E-state index >= 15 is 0 Å². The fourth-order valence-corrected chi connectivity index (χ4v) is 7.87. The lowest BCUT2D eigenvalue weighted by atomic mass is 9.83. The van der Waals surface area contributed by atoms with Crippen LogP contribution in [-0.4, -0.2) is 4.57 Å². The van der Waals surface area contributed by atoms with Crippen molar-refractivity contribution in [2.45, 2.75) is 5.92 Å². The van der Waals surface area contributed by atoms with Crippen molar-refractivity contribution in [1.82, 2.24) is 4.57 Å². The van der Waals surface area contributed by atoms with Crippen LogP contribution >= 0.6 is 0 Å². The molecule has 0 aliphatic carbocycles. The molecule has 10 aromatic rings. The highest BCUT2D eigenvalue weighted by Gasteiger charge is 2.20. The second-order valence-corrected chi connectivity index (χ2v) is 13.3. The number of hydrogen-bond acceptors (Lipinski definition) is 1. The molecule has 0 saturated carbocycles. The maximum atomic E-state index is 6.35. The minimum Gasteiger partial charge on any atom is -0.456 e. The Labute approximate surface area is 296 Å². The van der Waals surface area contributed by atoms with E-state index in [2.05, 4.69) is 187 Å². The maximum absolute atomic E-state index is 6.35. The first-order valence-electron chi connectivity index (χ1n) is 17.5. The fraction of sp³-hybridized carbons (Fsp3) is 0.0204. The van der Waals surface area contributed by atoms with E-state index in [9.17, 15) is 0 Å². The van der Waals surface area contributed by atoms with Crippen LogP contribution in [0.5, 0.6) is 0 Å². The Hall–Kier alpha value is -6.64. The van der Waals surface area contributed by atoms with Crippen LogP contribution in [0, 0.1) is 0 Å². The van der Waals surface area contributed by atoms with Gasteiger partial charge in [0.2, 0.25) is 0 Å². The SMILES string of the molecule is c1ccc(-c2ccc(C(c3ccc(-c4ccc(-n5c6ccccc6c6ccccc65)cc4)cc3)c3ccc4c(c3)oc3ccccc34)cc2)cc1. The molecule has 0 saturated heterocycles. The van der Waals surface area contributed by atoms with Gasteiger partial charge in [-0.2, -0.15) is 0 Å². The Morgan fingerprint density at radius 1 is 0.333 bits per heavy atom. The van der Waals surface area contributed by atoms with Crippen molar-refractivity contribution < 1.29 is 4.42 Å². The second-order valence-electron chi connectivity index (χ2n) is 13.3. The summed E-state index contributed by atoms with van der Waals surface area (Å²) in [6.45, 7) is 0. The summed E-state index contributed by atoms with van der Waals surface area (Å²) < 4.78 is 8.72. The summed E-state index contributed by atoms with van der Waals surface area (Å²) in [6, 6.07) is 70.0. The summed E-state index contributed by atoms with van der Waals surface area (Å²) in [4.78, 5) is 0. The number of rotatable bonds is 6. The van der Waals surface area contributed by atoms with E-state index in [1.165, 1.54) is 60.8 Å². The van der Waals surface area contributed by atoms with Gasteiger partial charge in [0.05, 0.1) is 11.0 Å². The third-order valence-corrected chi connectivity index (χ3v) is 10.4. The topological polar surface area (TPSA) is 18.1 Å². The molecule has 2 nitrogen and oxygen atoms in total. The molecule has 2 heterocycles. The van der Waals surface area contributed by atoms with Gasteiger partial charge in [-0.25, -0.2) is 0 Å². The van der Waals surface area contributed by atoms with E-state index in [1.54, 1.807) is 0 Å². The average molecular weight is 652 g/mol. The van der Waals surface area contributed by atoms with Crippen LogP contribution in [0.1, 0.15) is 22.6 Å². The first-order chi connectivity index (χ1) is 25.3. The normalized spacial score (nSPS) is 12.2. The van der Waals surface area contributed by atoms with E-state index in [4.69, 9.17) is 4.42 Å². The highest BCUT2D eigenvalue weighted by Crippen LogP contribution is 2.38. The number of aromatic nitrogens is 1. The Bertz CT molecular complexity index is 2770. The molecule has 0 fully saturated rings. The van der Waals surface area contributed by atoms with E-state index in [0.29, 0.717) is 0 Å². The molecule has 2 aromatic heterocycles. The lowest BCUT2D eigenvalue weighted by Gasteiger charge is -2.20. The summed E-state index contributed by atoms with van der Waals surface area (Å²) in [5, 5.41) is 4.84. The van der Waals surface area contributed by atoms with Crippen molar-refractivity contribution in [3.63, 3.8) is 0 Å². The molecule has 0 amide bonds. The molecule has 0 aliphatic rings. The summed E-state index contributed by atoms with van der Waals surface area (Å²) in [5.41, 5.74) is 13.9. The maximum Gasteiger partial charge on any atom is 0.135 e. The number of hydrogen-bond donors (Lipinski definition) is 0. The monoisotopic (exact) mass is 651 g/mol. The minimum atomic E-state index is 0.0409. The molecule has 51 heavy (non-hydrogen) atoms. The molecular weight excluding hydrogens is 619 g/mol. The Balaban J connectivity index is 1.02.